The van der Waals surface area contributed by atoms with Crippen molar-refractivity contribution in [1.82, 2.24) is 5.16 Å². The molecule has 1 aromatic heterocycles. The number of rotatable bonds is 5. The van der Waals surface area contributed by atoms with E-state index in [1.54, 1.807) is 24.3 Å². The van der Waals surface area contributed by atoms with Gasteiger partial charge in [-0.05, 0) is 43.2 Å². The maximum absolute atomic E-state index is 13.0. The summed E-state index contributed by atoms with van der Waals surface area (Å²) in [6.07, 6.45) is 0.684. The van der Waals surface area contributed by atoms with Crippen LogP contribution in [0.1, 0.15) is 18.1 Å². The predicted octanol–water partition coefficient (Wildman–Crippen LogP) is 2.99. The van der Waals surface area contributed by atoms with Crippen molar-refractivity contribution in [1.29, 1.82) is 0 Å². The Kier molecular flexibility index (Phi) is 4.47. The number of aromatic nitrogens is 1. The van der Waals surface area contributed by atoms with Crippen LogP contribution < -0.4 is 8.95 Å². The van der Waals surface area contributed by atoms with E-state index in [9.17, 15) is 8.42 Å². The molecule has 0 aliphatic carbocycles. The molecule has 0 saturated carbocycles. The molecule has 3 aromatic rings. The number of ether oxygens (including phenoxy) is 1. The smallest absolute Gasteiger partial charge is 0.256 e. The largest absolute Gasteiger partial charge is 0.495 e. The molecule has 0 saturated heterocycles. The molecule has 0 unspecified atom stereocenters. The molecule has 0 atom stereocenters. The number of methoxy groups -OCH3 is 1. The van der Waals surface area contributed by atoms with E-state index in [1.807, 2.05) is 26.0 Å². The molecule has 0 aliphatic rings. The third-order valence-electron chi connectivity index (χ3n) is 3.99. The molecule has 2 radical (unpaired) electrons. The standard InChI is InChI=1S/C17H17BN2O4S/c1-4-12-6-8-15(23-3)16(10-12)25(21,22)20(18)17-13-9-11(2)5-7-14(13)24-19-17/h5-10H,4H2,1-3H3. The van der Waals surface area contributed by atoms with E-state index < -0.39 is 10.0 Å². The normalized spacial score (nSPS) is 11.6. The van der Waals surface area contributed by atoms with E-state index in [4.69, 9.17) is 17.2 Å². The Morgan fingerprint density at radius 1 is 1.24 bits per heavy atom. The molecule has 2 aromatic carbocycles. The van der Waals surface area contributed by atoms with E-state index in [1.165, 1.54) is 7.11 Å². The zero-order valence-corrected chi connectivity index (χ0v) is 15.0. The van der Waals surface area contributed by atoms with E-state index in [0.29, 0.717) is 21.6 Å². The van der Waals surface area contributed by atoms with Gasteiger partial charge in [0.05, 0.1) is 12.5 Å². The van der Waals surface area contributed by atoms with Crippen LogP contribution in [0.2, 0.25) is 0 Å². The molecule has 25 heavy (non-hydrogen) atoms. The number of fused-ring (bicyclic) bond motifs is 1. The molecule has 0 amide bonds. The number of aryl methyl sites for hydroxylation is 2. The summed E-state index contributed by atoms with van der Waals surface area (Å²) in [6.45, 7) is 3.83. The Balaban J connectivity index is 2.15. The Hall–Kier alpha value is -2.48. The van der Waals surface area contributed by atoms with Crippen molar-refractivity contribution in [2.45, 2.75) is 25.2 Å². The van der Waals surface area contributed by atoms with Gasteiger partial charge in [0.1, 0.15) is 10.6 Å². The summed E-state index contributed by atoms with van der Waals surface area (Å²) in [4.78, 5) is -0.0133. The first kappa shape index (κ1) is 17.4. The number of nitrogens with zero attached hydrogens (tertiary/aromatic N) is 2. The van der Waals surface area contributed by atoms with Crippen LogP contribution in [0.5, 0.6) is 5.75 Å². The molecule has 0 fully saturated rings. The second-order valence-electron chi connectivity index (χ2n) is 5.65. The predicted molar refractivity (Wildman–Crippen MR) is 96.5 cm³/mol. The van der Waals surface area contributed by atoms with Gasteiger partial charge in [0.25, 0.3) is 18.0 Å². The lowest BCUT2D eigenvalue weighted by atomic mass is 10.2. The zero-order chi connectivity index (χ0) is 18.2. The van der Waals surface area contributed by atoms with Crippen LogP contribution in [0, 0.1) is 6.92 Å². The fourth-order valence-electron chi connectivity index (χ4n) is 2.56. The van der Waals surface area contributed by atoms with E-state index in [-0.39, 0.29) is 16.5 Å². The Labute approximate surface area is 147 Å². The highest BCUT2D eigenvalue weighted by molar-refractivity contribution is 7.94. The van der Waals surface area contributed by atoms with Crippen molar-refractivity contribution in [3.8, 4) is 5.75 Å². The van der Waals surface area contributed by atoms with Crippen LogP contribution in [-0.2, 0) is 16.4 Å². The lowest BCUT2D eigenvalue weighted by molar-refractivity contribution is 0.402. The summed E-state index contributed by atoms with van der Waals surface area (Å²) in [5.41, 5.74) is 2.25. The van der Waals surface area contributed by atoms with Crippen LogP contribution in [0.25, 0.3) is 11.0 Å². The van der Waals surface area contributed by atoms with Gasteiger partial charge in [-0.3, -0.25) is 0 Å². The maximum atomic E-state index is 13.0. The number of hydrogen-bond acceptors (Lipinski definition) is 5. The third-order valence-corrected chi connectivity index (χ3v) is 5.55. The lowest BCUT2D eigenvalue weighted by Gasteiger charge is -2.20. The summed E-state index contributed by atoms with van der Waals surface area (Å²) in [6, 6.07) is 10.3. The van der Waals surface area contributed by atoms with Gasteiger partial charge in [-0.1, -0.05) is 29.8 Å². The Morgan fingerprint density at radius 2 is 2.00 bits per heavy atom. The highest BCUT2D eigenvalue weighted by Gasteiger charge is 2.28. The van der Waals surface area contributed by atoms with Crippen LogP contribution in [0.4, 0.5) is 5.82 Å². The first-order chi connectivity index (χ1) is 11.9. The molecule has 8 heteroatoms. The molecule has 0 aliphatic heterocycles. The van der Waals surface area contributed by atoms with Crippen molar-refractivity contribution in [2.75, 3.05) is 11.3 Å². The van der Waals surface area contributed by atoms with Crippen LogP contribution in [0.15, 0.2) is 45.8 Å². The van der Waals surface area contributed by atoms with Gasteiger partial charge in [0.15, 0.2) is 11.4 Å². The SMILES string of the molecule is [B]N(c1noc2ccc(C)cc12)S(=O)(=O)c1cc(CC)ccc1OC. The van der Waals surface area contributed by atoms with Gasteiger partial charge >= 0.3 is 0 Å². The monoisotopic (exact) mass is 356 g/mol. The fraction of sp³-hybridized carbons (Fsp3) is 0.235. The van der Waals surface area contributed by atoms with Gasteiger partial charge in [-0.15, -0.1) is 0 Å². The van der Waals surface area contributed by atoms with Gasteiger partial charge in [0.2, 0.25) is 0 Å². The summed E-state index contributed by atoms with van der Waals surface area (Å²) < 4.78 is 37.1. The van der Waals surface area contributed by atoms with E-state index in [0.717, 1.165) is 11.1 Å². The van der Waals surface area contributed by atoms with Crippen LogP contribution in [0.3, 0.4) is 0 Å². The molecule has 0 N–H and O–H groups in total. The van der Waals surface area contributed by atoms with Crippen molar-refractivity contribution in [3.63, 3.8) is 0 Å². The molecule has 3 rings (SSSR count). The highest BCUT2D eigenvalue weighted by atomic mass is 32.2. The summed E-state index contributed by atoms with van der Waals surface area (Å²) in [7, 11) is 3.28. The number of hydrogen-bond donors (Lipinski definition) is 0. The fourth-order valence-corrected chi connectivity index (χ4v) is 3.84. The maximum Gasteiger partial charge on any atom is 0.256 e. The second kappa shape index (κ2) is 6.44. The van der Waals surface area contributed by atoms with Gasteiger partial charge in [-0.25, -0.2) is 8.42 Å². The number of anilines is 1. The Morgan fingerprint density at radius 3 is 2.68 bits per heavy atom. The van der Waals surface area contributed by atoms with Gasteiger partial charge < -0.3 is 13.5 Å². The van der Waals surface area contributed by atoms with Gasteiger partial charge in [-0.2, -0.15) is 0 Å². The first-order valence-electron chi connectivity index (χ1n) is 7.71. The topological polar surface area (TPSA) is 72.6 Å². The number of benzene rings is 2. The third kappa shape index (κ3) is 2.97. The minimum absolute atomic E-state index is 0.0133. The van der Waals surface area contributed by atoms with Crippen molar-refractivity contribution >= 4 is 34.8 Å². The molecule has 6 nitrogen and oxygen atoms in total. The lowest BCUT2D eigenvalue weighted by Crippen LogP contribution is -2.29. The number of sulfonamides is 1. The molecule has 128 valence electrons. The minimum atomic E-state index is -4.08. The highest BCUT2D eigenvalue weighted by Crippen LogP contribution is 2.33. The zero-order valence-electron chi connectivity index (χ0n) is 14.2. The molecular formula is C17H17BN2O4S. The Bertz CT molecular complexity index is 1030. The summed E-state index contributed by atoms with van der Waals surface area (Å²) in [5.74, 6) is 0.249. The summed E-state index contributed by atoms with van der Waals surface area (Å²) in [5, 5.41) is 4.36. The average Bonchev–Trinajstić information content (AvgIpc) is 3.03. The molecule has 1 heterocycles. The average molecular weight is 356 g/mol. The summed E-state index contributed by atoms with van der Waals surface area (Å²) >= 11 is 0. The van der Waals surface area contributed by atoms with Crippen molar-refractivity contribution in [2.24, 2.45) is 0 Å². The minimum Gasteiger partial charge on any atom is -0.495 e. The van der Waals surface area contributed by atoms with Crippen molar-refractivity contribution in [3.05, 3.63) is 47.5 Å². The quantitative estimate of drug-likeness (QED) is 0.657. The van der Waals surface area contributed by atoms with Gasteiger partial charge in [0, 0.05) is 0 Å². The van der Waals surface area contributed by atoms with Crippen molar-refractivity contribution < 1.29 is 17.7 Å². The van der Waals surface area contributed by atoms with Crippen LogP contribution >= 0.6 is 0 Å². The van der Waals surface area contributed by atoms with Crippen LogP contribution in [-0.4, -0.2) is 28.7 Å². The van der Waals surface area contributed by atoms with E-state index >= 15 is 0 Å². The molecular weight excluding hydrogens is 339 g/mol. The van der Waals surface area contributed by atoms with E-state index in [2.05, 4.69) is 5.16 Å². The first-order valence-corrected chi connectivity index (χ1v) is 9.15. The molecule has 0 bridgehead atoms. The second-order valence-corrected chi connectivity index (χ2v) is 7.43. The molecule has 0 spiro atoms.